The number of benzene rings is 3. The van der Waals surface area contributed by atoms with Crippen molar-refractivity contribution in [2.75, 3.05) is 17.4 Å². The van der Waals surface area contributed by atoms with E-state index >= 15 is 0 Å². The van der Waals surface area contributed by atoms with E-state index in [4.69, 9.17) is 11.6 Å². The smallest absolute Gasteiger partial charge is 0.264 e. The van der Waals surface area contributed by atoms with Crippen molar-refractivity contribution in [1.29, 1.82) is 0 Å². The Morgan fingerprint density at radius 2 is 1.59 bits per heavy atom. The quantitative estimate of drug-likeness (QED) is 0.331. The number of carbonyl (C=O) groups is 2. The summed E-state index contributed by atoms with van der Waals surface area (Å²) in [4.78, 5) is 28.2. The number of halogens is 1. The van der Waals surface area contributed by atoms with Crippen molar-refractivity contribution in [1.82, 2.24) is 10.2 Å². The molecule has 0 spiro atoms. The summed E-state index contributed by atoms with van der Waals surface area (Å²) in [5.74, 6) is -0.817. The van der Waals surface area contributed by atoms with Crippen LogP contribution in [0.15, 0.2) is 89.8 Å². The highest BCUT2D eigenvalue weighted by Gasteiger charge is 2.32. The van der Waals surface area contributed by atoms with Crippen molar-refractivity contribution in [2.45, 2.75) is 44.2 Å². The van der Waals surface area contributed by atoms with E-state index in [9.17, 15) is 18.0 Å². The van der Waals surface area contributed by atoms with E-state index in [0.717, 1.165) is 22.7 Å². The molecule has 7 nitrogen and oxygen atoms in total. The van der Waals surface area contributed by atoms with Gasteiger partial charge in [0, 0.05) is 18.1 Å². The van der Waals surface area contributed by atoms with E-state index in [2.05, 4.69) is 5.32 Å². The van der Waals surface area contributed by atoms with Gasteiger partial charge in [-0.3, -0.25) is 13.9 Å². The van der Waals surface area contributed by atoms with E-state index in [1.165, 1.54) is 17.0 Å². The second kappa shape index (κ2) is 13.3. The molecule has 196 valence electrons. The largest absolute Gasteiger partial charge is 0.354 e. The van der Waals surface area contributed by atoms with Gasteiger partial charge in [-0.05, 0) is 55.3 Å². The number of hydrogen-bond donors (Lipinski definition) is 1. The van der Waals surface area contributed by atoms with Crippen molar-refractivity contribution < 1.29 is 18.0 Å². The highest BCUT2D eigenvalue weighted by atomic mass is 35.5. The van der Waals surface area contributed by atoms with E-state index < -0.39 is 28.5 Å². The minimum absolute atomic E-state index is 0.0680. The summed E-state index contributed by atoms with van der Waals surface area (Å²) in [6.07, 6.45) is 1.74. The average molecular weight is 542 g/mol. The first-order valence-corrected chi connectivity index (χ1v) is 14.0. The Morgan fingerprint density at radius 3 is 2.22 bits per heavy atom. The number of para-hydroxylation sites is 1. The predicted octanol–water partition coefficient (Wildman–Crippen LogP) is 4.87. The molecule has 0 fully saturated rings. The molecule has 1 N–H and O–H groups in total. The number of nitrogens with zero attached hydrogens (tertiary/aromatic N) is 2. The summed E-state index contributed by atoms with van der Waals surface area (Å²) in [7, 11) is -4.06. The molecule has 0 radical (unpaired) electrons. The van der Waals surface area contributed by atoms with Crippen LogP contribution in [0.3, 0.4) is 0 Å². The van der Waals surface area contributed by atoms with Crippen LogP contribution < -0.4 is 9.62 Å². The van der Waals surface area contributed by atoms with Crippen LogP contribution >= 0.6 is 11.6 Å². The third-order valence-electron chi connectivity index (χ3n) is 5.89. The van der Waals surface area contributed by atoms with Gasteiger partial charge in [0.1, 0.15) is 12.6 Å². The first-order valence-electron chi connectivity index (χ1n) is 12.2. The van der Waals surface area contributed by atoms with Gasteiger partial charge in [0.25, 0.3) is 10.0 Å². The number of amides is 2. The fourth-order valence-corrected chi connectivity index (χ4v) is 5.44. The summed E-state index contributed by atoms with van der Waals surface area (Å²) >= 11 is 6.16. The van der Waals surface area contributed by atoms with Crippen molar-refractivity contribution in [3.05, 3.63) is 95.5 Å². The van der Waals surface area contributed by atoms with Gasteiger partial charge < -0.3 is 10.2 Å². The van der Waals surface area contributed by atoms with Gasteiger partial charge in [-0.2, -0.15) is 0 Å². The molecular weight excluding hydrogens is 510 g/mol. The molecule has 2 amide bonds. The highest BCUT2D eigenvalue weighted by Crippen LogP contribution is 2.24. The second-order valence-corrected chi connectivity index (χ2v) is 10.9. The van der Waals surface area contributed by atoms with Crippen LogP contribution in [0.5, 0.6) is 0 Å². The molecule has 0 bridgehead atoms. The third kappa shape index (κ3) is 7.57. The van der Waals surface area contributed by atoms with Gasteiger partial charge in [-0.1, -0.05) is 73.5 Å². The molecule has 0 saturated carbocycles. The Morgan fingerprint density at radius 1 is 0.946 bits per heavy atom. The molecule has 0 aromatic heterocycles. The Bertz CT molecular complexity index is 1290. The fraction of sp³-hybridized carbons (Fsp3) is 0.286. The van der Waals surface area contributed by atoms with Crippen LogP contribution in [0, 0.1) is 0 Å². The van der Waals surface area contributed by atoms with Gasteiger partial charge in [0.2, 0.25) is 11.8 Å². The Labute approximate surface area is 224 Å². The molecule has 1 atom stereocenters. The lowest BCUT2D eigenvalue weighted by Crippen LogP contribution is -2.51. The number of nitrogens with one attached hydrogen (secondary N) is 1. The molecule has 0 saturated heterocycles. The number of hydrogen-bond acceptors (Lipinski definition) is 4. The van der Waals surface area contributed by atoms with E-state index in [1.54, 1.807) is 73.7 Å². The normalized spacial score (nSPS) is 12.0. The Kier molecular flexibility index (Phi) is 10.1. The molecule has 0 aliphatic heterocycles. The maximum absolute atomic E-state index is 13.8. The molecule has 0 unspecified atom stereocenters. The fourth-order valence-electron chi connectivity index (χ4n) is 3.79. The highest BCUT2D eigenvalue weighted by molar-refractivity contribution is 7.92. The number of anilines is 1. The first-order chi connectivity index (χ1) is 17.7. The summed E-state index contributed by atoms with van der Waals surface area (Å²) < 4.78 is 28.3. The molecule has 9 heteroatoms. The van der Waals surface area contributed by atoms with Crippen molar-refractivity contribution in [3.63, 3.8) is 0 Å². The number of carbonyl (C=O) groups excluding carboxylic acids is 2. The lowest BCUT2D eigenvalue weighted by Gasteiger charge is -2.32. The summed E-state index contributed by atoms with van der Waals surface area (Å²) in [6.45, 7) is 3.78. The zero-order valence-electron chi connectivity index (χ0n) is 21.0. The average Bonchev–Trinajstić information content (AvgIpc) is 2.91. The van der Waals surface area contributed by atoms with Crippen LogP contribution in [0.2, 0.25) is 5.02 Å². The third-order valence-corrected chi connectivity index (χ3v) is 7.92. The SMILES string of the molecule is CCCCNC(=O)[C@H](C)N(Cc1cccc(Cl)c1)C(=O)CN(c1ccccc1)S(=O)(=O)c1ccccc1. The predicted molar refractivity (Wildman–Crippen MR) is 147 cm³/mol. The minimum Gasteiger partial charge on any atom is -0.354 e. The standard InChI is InChI=1S/C28H32ClN3O4S/c1-3-4-18-30-28(34)22(2)31(20-23-12-11-13-24(29)19-23)27(33)21-32(25-14-7-5-8-15-25)37(35,36)26-16-9-6-10-17-26/h5-17,19,22H,3-4,18,20-21H2,1-2H3,(H,30,34)/t22-/m0/s1. The Hall–Kier alpha value is -3.36. The second-order valence-electron chi connectivity index (χ2n) is 8.63. The van der Waals surface area contributed by atoms with Gasteiger partial charge in [0.15, 0.2) is 0 Å². The summed E-state index contributed by atoms with van der Waals surface area (Å²) in [5.41, 5.74) is 1.08. The zero-order valence-corrected chi connectivity index (χ0v) is 22.6. The number of sulfonamides is 1. The lowest BCUT2D eigenvalue weighted by molar-refractivity contribution is -0.139. The van der Waals surface area contributed by atoms with Crippen LogP contribution in [0.1, 0.15) is 32.3 Å². The van der Waals surface area contributed by atoms with Gasteiger partial charge >= 0.3 is 0 Å². The molecular formula is C28H32ClN3O4S. The lowest BCUT2D eigenvalue weighted by atomic mass is 10.1. The number of rotatable bonds is 12. The molecule has 3 rings (SSSR count). The maximum atomic E-state index is 13.8. The molecule has 0 heterocycles. The van der Waals surface area contributed by atoms with E-state index in [0.29, 0.717) is 17.3 Å². The van der Waals surface area contributed by atoms with Crippen molar-refractivity contribution >= 4 is 39.1 Å². The molecule has 37 heavy (non-hydrogen) atoms. The maximum Gasteiger partial charge on any atom is 0.264 e. The molecule has 0 aliphatic carbocycles. The van der Waals surface area contributed by atoms with E-state index in [1.807, 2.05) is 13.0 Å². The van der Waals surface area contributed by atoms with Crippen LogP contribution in [0.4, 0.5) is 5.69 Å². The monoisotopic (exact) mass is 541 g/mol. The molecule has 3 aromatic rings. The van der Waals surface area contributed by atoms with Gasteiger partial charge in [0.05, 0.1) is 10.6 Å². The first kappa shape index (κ1) is 28.2. The topological polar surface area (TPSA) is 86.8 Å². The van der Waals surface area contributed by atoms with Crippen molar-refractivity contribution in [3.8, 4) is 0 Å². The van der Waals surface area contributed by atoms with Gasteiger partial charge in [-0.15, -0.1) is 0 Å². The summed E-state index contributed by atoms with van der Waals surface area (Å²) in [6, 6.07) is 22.6. The Balaban J connectivity index is 1.96. The summed E-state index contributed by atoms with van der Waals surface area (Å²) in [5, 5.41) is 3.37. The van der Waals surface area contributed by atoms with Crippen LogP contribution in [0.25, 0.3) is 0 Å². The van der Waals surface area contributed by atoms with Crippen LogP contribution in [-0.2, 0) is 26.2 Å². The molecule has 0 aliphatic rings. The van der Waals surface area contributed by atoms with Crippen LogP contribution in [-0.4, -0.2) is 44.3 Å². The van der Waals surface area contributed by atoms with Gasteiger partial charge in [-0.25, -0.2) is 8.42 Å². The zero-order chi connectivity index (χ0) is 26.8. The number of unbranched alkanes of at least 4 members (excludes halogenated alkanes) is 1. The van der Waals surface area contributed by atoms with Crippen molar-refractivity contribution in [2.24, 2.45) is 0 Å². The molecule has 3 aromatic carbocycles. The minimum atomic E-state index is -4.06. The van der Waals surface area contributed by atoms with E-state index in [-0.39, 0.29) is 17.3 Å².